The van der Waals surface area contributed by atoms with Crippen LogP contribution < -0.4 is 14.2 Å². The molecule has 140 valence electrons. The maximum Gasteiger partial charge on any atom is 0.417 e. The lowest BCUT2D eigenvalue weighted by molar-refractivity contribution is -0.137. The summed E-state index contributed by atoms with van der Waals surface area (Å²) in [5.74, 6) is 0.612. The van der Waals surface area contributed by atoms with Crippen LogP contribution in [0, 0.1) is 0 Å². The second kappa shape index (κ2) is 6.71. The Kier molecular flexibility index (Phi) is 4.89. The van der Waals surface area contributed by atoms with Crippen molar-refractivity contribution >= 4 is 38.9 Å². The number of nitrogens with one attached hydrogen (secondary N) is 1. The van der Waals surface area contributed by atoms with E-state index in [4.69, 9.17) is 32.7 Å². The van der Waals surface area contributed by atoms with Crippen molar-refractivity contribution in [2.24, 2.45) is 0 Å². The van der Waals surface area contributed by atoms with E-state index in [2.05, 4.69) is 4.72 Å². The van der Waals surface area contributed by atoms with Gasteiger partial charge >= 0.3 is 6.18 Å². The second-order valence-electron chi connectivity index (χ2n) is 5.22. The van der Waals surface area contributed by atoms with E-state index in [1.54, 1.807) is 0 Å². The molecule has 0 radical (unpaired) electrons. The molecule has 0 saturated heterocycles. The monoisotopic (exact) mass is 427 g/mol. The van der Waals surface area contributed by atoms with Gasteiger partial charge in [0.25, 0.3) is 10.0 Å². The maximum absolute atomic E-state index is 12.9. The Morgan fingerprint density at radius 1 is 0.962 bits per heavy atom. The van der Waals surface area contributed by atoms with Crippen LogP contribution in [-0.4, -0.2) is 21.6 Å². The molecular formula is C15H10Cl2F3NO4S. The van der Waals surface area contributed by atoms with Gasteiger partial charge in [0.1, 0.15) is 13.2 Å². The van der Waals surface area contributed by atoms with Crippen LogP contribution in [0.3, 0.4) is 0 Å². The molecule has 2 aromatic carbocycles. The van der Waals surface area contributed by atoms with Crippen molar-refractivity contribution in [3.63, 3.8) is 0 Å². The summed E-state index contributed by atoms with van der Waals surface area (Å²) in [6.07, 6.45) is -4.79. The van der Waals surface area contributed by atoms with Gasteiger partial charge in [-0.05, 0) is 18.2 Å². The fraction of sp³-hybridized carbons (Fsp3) is 0.200. The molecule has 0 fully saturated rings. The highest BCUT2D eigenvalue weighted by atomic mass is 35.5. The molecule has 0 aliphatic carbocycles. The molecule has 11 heteroatoms. The summed E-state index contributed by atoms with van der Waals surface area (Å²) in [7, 11) is -4.35. The lowest BCUT2D eigenvalue weighted by atomic mass is 10.2. The van der Waals surface area contributed by atoms with Crippen LogP contribution >= 0.6 is 23.2 Å². The molecule has 0 bridgehead atoms. The summed E-state index contributed by atoms with van der Waals surface area (Å²) in [6, 6.07) is 4.94. The molecule has 0 atom stereocenters. The lowest BCUT2D eigenvalue weighted by Crippen LogP contribution is -2.17. The van der Waals surface area contributed by atoms with Crippen LogP contribution in [0.4, 0.5) is 18.9 Å². The number of fused-ring (bicyclic) bond motifs is 1. The van der Waals surface area contributed by atoms with Gasteiger partial charge in [0.15, 0.2) is 11.5 Å². The van der Waals surface area contributed by atoms with Crippen molar-refractivity contribution in [2.45, 2.75) is 11.1 Å². The zero-order valence-electron chi connectivity index (χ0n) is 12.7. The number of halogens is 5. The second-order valence-corrected chi connectivity index (χ2v) is 7.72. The quantitative estimate of drug-likeness (QED) is 0.777. The number of benzene rings is 2. The highest BCUT2D eigenvalue weighted by Crippen LogP contribution is 2.39. The average molecular weight is 428 g/mol. The van der Waals surface area contributed by atoms with Crippen molar-refractivity contribution in [3.05, 3.63) is 45.9 Å². The van der Waals surface area contributed by atoms with E-state index in [-0.39, 0.29) is 23.1 Å². The average Bonchev–Trinajstić information content (AvgIpc) is 2.54. The summed E-state index contributed by atoms with van der Waals surface area (Å²) < 4.78 is 76.5. The minimum atomic E-state index is -4.79. The van der Waals surface area contributed by atoms with Crippen molar-refractivity contribution in [3.8, 4) is 11.5 Å². The zero-order valence-corrected chi connectivity index (χ0v) is 15.1. The van der Waals surface area contributed by atoms with Crippen LogP contribution in [0.1, 0.15) is 5.56 Å². The van der Waals surface area contributed by atoms with Crippen molar-refractivity contribution in [2.75, 3.05) is 17.9 Å². The molecule has 1 heterocycles. The number of hydrogen-bond donors (Lipinski definition) is 1. The van der Waals surface area contributed by atoms with Crippen molar-refractivity contribution in [1.82, 2.24) is 0 Å². The van der Waals surface area contributed by atoms with Gasteiger partial charge < -0.3 is 9.47 Å². The van der Waals surface area contributed by atoms with E-state index in [1.165, 1.54) is 12.1 Å². The molecule has 1 N–H and O–H groups in total. The summed E-state index contributed by atoms with van der Waals surface area (Å²) in [4.78, 5) is -0.611. The summed E-state index contributed by atoms with van der Waals surface area (Å²) >= 11 is 11.5. The third-order valence-corrected chi connectivity index (χ3v) is 5.44. The number of alkyl halides is 3. The molecular weight excluding hydrogens is 418 g/mol. The fourth-order valence-electron chi connectivity index (χ4n) is 2.23. The number of hydrogen-bond acceptors (Lipinski definition) is 4. The minimum absolute atomic E-state index is 0.00262. The minimum Gasteiger partial charge on any atom is -0.486 e. The summed E-state index contributed by atoms with van der Waals surface area (Å²) in [5.41, 5.74) is -1.31. The molecule has 0 saturated carbocycles. The van der Waals surface area contributed by atoms with E-state index in [0.717, 1.165) is 12.1 Å². The number of anilines is 1. The zero-order chi connectivity index (χ0) is 19.1. The third kappa shape index (κ3) is 3.79. The third-order valence-electron chi connectivity index (χ3n) is 3.43. The topological polar surface area (TPSA) is 64.6 Å². The Labute approximate surface area is 156 Å². The van der Waals surface area contributed by atoms with Gasteiger partial charge in [-0.1, -0.05) is 23.2 Å². The van der Waals surface area contributed by atoms with Gasteiger partial charge in [-0.3, -0.25) is 4.72 Å². The Hall–Kier alpha value is -1.84. The Morgan fingerprint density at radius 2 is 1.58 bits per heavy atom. The largest absolute Gasteiger partial charge is 0.486 e. The van der Waals surface area contributed by atoms with Crippen LogP contribution in [0.15, 0.2) is 35.2 Å². The molecule has 1 aliphatic rings. The lowest BCUT2D eigenvalue weighted by Gasteiger charge is -2.20. The van der Waals surface area contributed by atoms with E-state index in [1.807, 2.05) is 0 Å². The first-order valence-corrected chi connectivity index (χ1v) is 9.30. The van der Waals surface area contributed by atoms with Crippen molar-refractivity contribution in [1.29, 1.82) is 0 Å². The molecule has 3 rings (SSSR count). The molecule has 2 aromatic rings. The van der Waals surface area contributed by atoms with Gasteiger partial charge in [-0.25, -0.2) is 8.42 Å². The Balaban J connectivity index is 1.98. The molecule has 0 spiro atoms. The highest BCUT2D eigenvalue weighted by molar-refractivity contribution is 7.92. The van der Waals surface area contributed by atoms with E-state index in [0.29, 0.717) is 18.4 Å². The first kappa shape index (κ1) is 18.9. The maximum atomic E-state index is 12.9. The number of rotatable bonds is 3. The van der Waals surface area contributed by atoms with Crippen LogP contribution in [-0.2, 0) is 16.2 Å². The molecule has 0 unspecified atom stereocenters. The Bertz CT molecular complexity index is 964. The molecule has 0 aromatic heterocycles. The predicted molar refractivity (Wildman–Crippen MR) is 89.7 cm³/mol. The number of sulfonamides is 1. The van der Waals surface area contributed by atoms with Crippen LogP contribution in [0.5, 0.6) is 11.5 Å². The van der Waals surface area contributed by atoms with E-state index < -0.39 is 31.7 Å². The predicted octanol–water partition coefficient (Wildman–Crippen LogP) is 4.58. The molecule has 26 heavy (non-hydrogen) atoms. The highest BCUT2D eigenvalue weighted by Gasteiger charge is 2.34. The number of ether oxygens (including phenoxy) is 2. The molecule has 5 nitrogen and oxygen atoms in total. The Morgan fingerprint density at radius 3 is 2.19 bits per heavy atom. The van der Waals surface area contributed by atoms with E-state index in [9.17, 15) is 21.6 Å². The van der Waals surface area contributed by atoms with Gasteiger partial charge in [-0.15, -0.1) is 0 Å². The van der Waals surface area contributed by atoms with Crippen molar-refractivity contribution < 1.29 is 31.1 Å². The van der Waals surface area contributed by atoms with Gasteiger partial charge in [0.2, 0.25) is 0 Å². The van der Waals surface area contributed by atoms with E-state index >= 15 is 0 Å². The van der Waals surface area contributed by atoms with Crippen LogP contribution in [0.25, 0.3) is 0 Å². The standard InChI is InChI=1S/C15H10Cl2F3NO4S/c16-10-2-1-8(5-9(10)15(18,19)20)26(22,23)21-12-7-14-13(6-11(12)17)24-3-4-25-14/h1-2,5-7,21H,3-4H2. The van der Waals surface area contributed by atoms with Crippen LogP contribution in [0.2, 0.25) is 10.0 Å². The first-order chi connectivity index (χ1) is 12.1. The molecule has 1 aliphatic heterocycles. The van der Waals surface area contributed by atoms with Gasteiger partial charge in [0, 0.05) is 12.1 Å². The summed E-state index contributed by atoms with van der Waals surface area (Å²) in [5, 5.41) is -0.600. The van der Waals surface area contributed by atoms with Gasteiger partial charge in [-0.2, -0.15) is 13.2 Å². The van der Waals surface area contributed by atoms with Gasteiger partial charge in [0.05, 0.1) is 26.2 Å². The first-order valence-electron chi connectivity index (χ1n) is 7.06. The SMILES string of the molecule is O=S(=O)(Nc1cc2c(cc1Cl)OCCO2)c1ccc(Cl)c(C(F)(F)F)c1. The smallest absolute Gasteiger partial charge is 0.417 e. The summed E-state index contributed by atoms with van der Waals surface area (Å²) in [6.45, 7) is 0.590. The molecule has 0 amide bonds. The normalized spacial score (nSPS) is 14.2. The fourth-order valence-corrected chi connectivity index (χ4v) is 3.81.